The SMILES string of the molecule is CCCC/C=C\C/C=C\CCCCCCCC(=O)OCCCCCCCCCCCCCC(=O)NC(CO)C(O)CCCCCCCCCCCCCCCC. The maximum absolute atomic E-state index is 12.4. The van der Waals surface area contributed by atoms with E-state index in [2.05, 4.69) is 43.5 Å². The summed E-state index contributed by atoms with van der Waals surface area (Å²) in [7, 11) is 0. The number of aliphatic hydroxyl groups is 2. The van der Waals surface area contributed by atoms with Crippen LogP contribution < -0.4 is 5.32 Å². The van der Waals surface area contributed by atoms with Crippen molar-refractivity contribution in [3.05, 3.63) is 24.3 Å². The average molecular weight is 790 g/mol. The average Bonchev–Trinajstić information content (AvgIpc) is 3.20. The zero-order valence-electron chi connectivity index (χ0n) is 37.4. The molecule has 0 radical (unpaired) electrons. The number of unbranched alkanes of at least 4 members (excludes halogenated alkanes) is 30. The summed E-state index contributed by atoms with van der Waals surface area (Å²) in [6, 6.07) is -0.555. The molecule has 6 nitrogen and oxygen atoms in total. The minimum atomic E-state index is -0.676. The number of carbonyl (C=O) groups is 2. The number of hydrogen-bond acceptors (Lipinski definition) is 5. The van der Waals surface area contributed by atoms with Crippen molar-refractivity contribution in [2.75, 3.05) is 13.2 Å². The molecule has 0 aromatic rings. The van der Waals surface area contributed by atoms with E-state index in [4.69, 9.17) is 4.74 Å². The molecule has 0 fully saturated rings. The zero-order chi connectivity index (χ0) is 40.8. The Morgan fingerprint density at radius 2 is 0.911 bits per heavy atom. The van der Waals surface area contributed by atoms with Gasteiger partial charge in [-0.25, -0.2) is 0 Å². The largest absolute Gasteiger partial charge is 0.466 e. The lowest BCUT2D eigenvalue weighted by Gasteiger charge is -2.22. The first-order chi connectivity index (χ1) is 27.5. The van der Waals surface area contributed by atoms with Crippen LogP contribution in [0.3, 0.4) is 0 Å². The number of allylic oxidation sites excluding steroid dienone is 4. The Hall–Kier alpha value is -1.66. The highest BCUT2D eigenvalue weighted by molar-refractivity contribution is 5.76. The van der Waals surface area contributed by atoms with Gasteiger partial charge >= 0.3 is 5.97 Å². The molecule has 0 saturated heterocycles. The van der Waals surface area contributed by atoms with Gasteiger partial charge in [-0.05, 0) is 51.4 Å². The van der Waals surface area contributed by atoms with Crippen LogP contribution in [0, 0.1) is 0 Å². The summed E-state index contributed by atoms with van der Waals surface area (Å²) in [6.07, 6.45) is 52.7. The highest BCUT2D eigenvalue weighted by atomic mass is 16.5. The molecule has 0 heterocycles. The van der Waals surface area contributed by atoms with Crippen LogP contribution in [0.2, 0.25) is 0 Å². The topological polar surface area (TPSA) is 95.9 Å². The summed E-state index contributed by atoms with van der Waals surface area (Å²) in [4.78, 5) is 24.4. The van der Waals surface area contributed by atoms with Crippen molar-refractivity contribution in [1.82, 2.24) is 5.32 Å². The van der Waals surface area contributed by atoms with Crippen LogP contribution in [0.25, 0.3) is 0 Å². The predicted molar refractivity (Wildman–Crippen MR) is 241 cm³/mol. The fraction of sp³-hybridized carbons (Fsp3) is 0.880. The zero-order valence-corrected chi connectivity index (χ0v) is 37.4. The molecular weight excluding hydrogens is 695 g/mol. The van der Waals surface area contributed by atoms with Crippen molar-refractivity contribution in [3.63, 3.8) is 0 Å². The van der Waals surface area contributed by atoms with Gasteiger partial charge in [-0.1, -0.05) is 218 Å². The summed E-state index contributed by atoms with van der Waals surface area (Å²) in [5.41, 5.74) is 0. The molecule has 330 valence electrons. The number of nitrogens with one attached hydrogen (secondary N) is 1. The molecule has 3 N–H and O–H groups in total. The fourth-order valence-corrected chi connectivity index (χ4v) is 7.42. The summed E-state index contributed by atoms with van der Waals surface area (Å²) in [5, 5.41) is 23.2. The molecule has 0 spiro atoms. The van der Waals surface area contributed by atoms with Crippen LogP contribution in [0.1, 0.15) is 258 Å². The van der Waals surface area contributed by atoms with E-state index in [0.29, 0.717) is 25.9 Å². The lowest BCUT2D eigenvalue weighted by Crippen LogP contribution is -2.45. The Morgan fingerprint density at radius 3 is 1.41 bits per heavy atom. The van der Waals surface area contributed by atoms with Gasteiger partial charge in [0.1, 0.15) is 0 Å². The number of esters is 1. The number of aliphatic hydroxyl groups excluding tert-OH is 2. The fourth-order valence-electron chi connectivity index (χ4n) is 7.42. The van der Waals surface area contributed by atoms with Gasteiger partial charge in [-0.3, -0.25) is 9.59 Å². The Balaban J connectivity index is 3.49. The maximum atomic E-state index is 12.4. The Morgan fingerprint density at radius 1 is 0.500 bits per heavy atom. The first-order valence-corrected chi connectivity index (χ1v) is 24.6. The molecule has 0 bridgehead atoms. The van der Waals surface area contributed by atoms with Crippen LogP contribution in [0.4, 0.5) is 0 Å². The molecule has 0 rings (SSSR count). The van der Waals surface area contributed by atoms with Gasteiger partial charge in [0.15, 0.2) is 0 Å². The summed E-state index contributed by atoms with van der Waals surface area (Å²) < 4.78 is 5.44. The van der Waals surface area contributed by atoms with Gasteiger partial charge in [-0.2, -0.15) is 0 Å². The first kappa shape index (κ1) is 54.3. The number of rotatable bonds is 45. The quantitative estimate of drug-likeness (QED) is 0.0324. The van der Waals surface area contributed by atoms with E-state index in [0.717, 1.165) is 70.6 Å². The third kappa shape index (κ3) is 42.0. The number of hydrogen-bond donors (Lipinski definition) is 3. The lowest BCUT2D eigenvalue weighted by molar-refractivity contribution is -0.143. The molecule has 56 heavy (non-hydrogen) atoms. The van der Waals surface area contributed by atoms with Crippen molar-refractivity contribution in [1.29, 1.82) is 0 Å². The van der Waals surface area contributed by atoms with E-state index in [1.54, 1.807) is 0 Å². The van der Waals surface area contributed by atoms with E-state index in [1.165, 1.54) is 154 Å². The van der Waals surface area contributed by atoms with Crippen LogP contribution >= 0.6 is 0 Å². The van der Waals surface area contributed by atoms with Gasteiger partial charge in [0.05, 0.1) is 25.4 Å². The molecule has 0 aliphatic carbocycles. The van der Waals surface area contributed by atoms with Crippen LogP contribution in [-0.4, -0.2) is 47.4 Å². The highest BCUT2D eigenvalue weighted by Crippen LogP contribution is 2.16. The molecule has 2 unspecified atom stereocenters. The Kier molecular flexibility index (Phi) is 44.7. The van der Waals surface area contributed by atoms with Gasteiger partial charge in [0.2, 0.25) is 5.91 Å². The lowest BCUT2D eigenvalue weighted by atomic mass is 10.0. The second kappa shape index (κ2) is 46.0. The van der Waals surface area contributed by atoms with Gasteiger partial charge in [-0.15, -0.1) is 0 Å². The second-order valence-corrected chi connectivity index (χ2v) is 16.8. The number of carbonyl (C=O) groups excluding carboxylic acids is 2. The molecular formula is C50H95NO5. The van der Waals surface area contributed by atoms with E-state index in [9.17, 15) is 19.8 Å². The van der Waals surface area contributed by atoms with Crippen molar-refractivity contribution in [3.8, 4) is 0 Å². The molecule has 6 heteroatoms. The molecule has 0 aromatic carbocycles. The molecule has 1 amide bonds. The smallest absolute Gasteiger partial charge is 0.305 e. The van der Waals surface area contributed by atoms with Crippen molar-refractivity contribution >= 4 is 11.9 Å². The normalized spacial score (nSPS) is 12.9. The molecule has 0 aliphatic rings. The first-order valence-electron chi connectivity index (χ1n) is 24.6. The monoisotopic (exact) mass is 790 g/mol. The van der Waals surface area contributed by atoms with Gasteiger partial charge < -0.3 is 20.3 Å². The molecule has 0 saturated carbocycles. The minimum Gasteiger partial charge on any atom is -0.466 e. The summed E-state index contributed by atoms with van der Waals surface area (Å²) in [5.74, 6) is -0.0834. The third-order valence-corrected chi connectivity index (χ3v) is 11.3. The second-order valence-electron chi connectivity index (χ2n) is 16.8. The summed E-state index contributed by atoms with van der Waals surface area (Å²) in [6.45, 7) is 4.86. The van der Waals surface area contributed by atoms with E-state index >= 15 is 0 Å². The van der Waals surface area contributed by atoms with Crippen LogP contribution in [0.5, 0.6) is 0 Å². The van der Waals surface area contributed by atoms with Crippen LogP contribution in [0.15, 0.2) is 24.3 Å². The summed E-state index contributed by atoms with van der Waals surface area (Å²) >= 11 is 0. The van der Waals surface area contributed by atoms with E-state index < -0.39 is 12.1 Å². The predicted octanol–water partition coefficient (Wildman–Crippen LogP) is 14.3. The Labute approximate surface area is 348 Å². The van der Waals surface area contributed by atoms with Crippen molar-refractivity contribution in [2.45, 2.75) is 270 Å². The number of ether oxygens (including phenoxy) is 1. The standard InChI is InChI=1S/C50H95NO5/c1-3-5-7-9-11-13-15-17-19-22-26-30-34-38-42-48(53)47(46-52)51-49(54)43-39-35-31-27-23-21-25-29-33-37-41-45-56-50(55)44-40-36-32-28-24-20-18-16-14-12-10-8-6-4-2/h10,12,16,18,47-48,52-53H,3-9,11,13-15,17,19-46H2,1-2H3,(H,51,54)/b12-10-,18-16-. The van der Waals surface area contributed by atoms with E-state index in [-0.39, 0.29) is 18.5 Å². The maximum Gasteiger partial charge on any atom is 0.305 e. The minimum absolute atomic E-state index is 0.0284. The van der Waals surface area contributed by atoms with Gasteiger partial charge in [0.25, 0.3) is 0 Å². The third-order valence-electron chi connectivity index (χ3n) is 11.3. The van der Waals surface area contributed by atoms with Gasteiger partial charge in [0, 0.05) is 12.8 Å². The number of amides is 1. The molecule has 0 aliphatic heterocycles. The molecule has 0 aromatic heterocycles. The van der Waals surface area contributed by atoms with Crippen molar-refractivity contribution in [2.24, 2.45) is 0 Å². The Bertz CT molecular complexity index is 874. The molecule has 2 atom stereocenters. The highest BCUT2D eigenvalue weighted by Gasteiger charge is 2.20. The van der Waals surface area contributed by atoms with Crippen molar-refractivity contribution < 1.29 is 24.5 Å². The van der Waals surface area contributed by atoms with Crippen LogP contribution in [-0.2, 0) is 14.3 Å². The van der Waals surface area contributed by atoms with E-state index in [1.807, 2.05) is 0 Å².